The van der Waals surface area contributed by atoms with E-state index in [-0.39, 0.29) is 0 Å². The van der Waals surface area contributed by atoms with Crippen LogP contribution in [0.4, 0.5) is 0 Å². The zero-order valence-electron chi connectivity index (χ0n) is 12.5. The van der Waals surface area contributed by atoms with E-state index in [0.717, 1.165) is 18.2 Å². The molecule has 0 aromatic heterocycles. The van der Waals surface area contributed by atoms with Crippen LogP contribution in [0, 0.1) is 0 Å². The molecule has 0 aromatic carbocycles. The maximum absolute atomic E-state index is 5.50. The maximum atomic E-state index is 5.50. The fourth-order valence-corrected chi connectivity index (χ4v) is 1.83. The molecule has 1 aliphatic rings. The van der Waals surface area contributed by atoms with Crippen molar-refractivity contribution in [2.45, 2.75) is 0 Å². The minimum Gasteiger partial charge on any atom is -0.377 e. The van der Waals surface area contributed by atoms with Crippen LogP contribution in [0.1, 0.15) is 0 Å². The predicted octanol–water partition coefficient (Wildman–Crippen LogP) is 0.215. The van der Waals surface area contributed by atoms with Crippen molar-refractivity contribution in [1.29, 1.82) is 0 Å². The van der Waals surface area contributed by atoms with Gasteiger partial charge in [-0.1, -0.05) is 0 Å². The smallest absolute Gasteiger partial charge is 0.171 e. The molecule has 0 amide bonds. The van der Waals surface area contributed by atoms with Crippen LogP contribution in [-0.2, 0) is 18.9 Å². The number of rotatable bonds is 0. The Morgan fingerprint density at radius 2 is 0.950 bits per heavy atom. The molecule has 1 fully saturated rings. The van der Waals surface area contributed by atoms with Gasteiger partial charge < -0.3 is 28.7 Å². The minimum atomic E-state index is 0.591. The van der Waals surface area contributed by atoms with Crippen LogP contribution in [0.2, 0.25) is 0 Å². The summed E-state index contributed by atoms with van der Waals surface area (Å²) in [4.78, 5) is 4.02. The zero-order valence-corrected chi connectivity index (χ0v) is 13.3. The van der Waals surface area contributed by atoms with Crippen LogP contribution < -0.4 is 0 Å². The third kappa shape index (κ3) is 7.96. The van der Waals surface area contributed by atoms with Gasteiger partial charge in [0.2, 0.25) is 0 Å². The summed E-state index contributed by atoms with van der Waals surface area (Å²) in [5.74, 6) is 0. The van der Waals surface area contributed by atoms with Crippen LogP contribution >= 0.6 is 12.2 Å². The van der Waals surface area contributed by atoms with Gasteiger partial charge in [-0.15, -0.1) is 0 Å². The molecule has 0 bridgehead atoms. The van der Waals surface area contributed by atoms with Gasteiger partial charge in [0.25, 0.3) is 0 Å². The highest BCUT2D eigenvalue weighted by Crippen LogP contribution is 1.96. The number of thiocarbonyl (C=S) groups is 1. The number of likely N-dealkylation sites (N-methyl/N-ethyl adjacent to an activating group) is 2. The first-order valence-corrected chi connectivity index (χ1v) is 7.40. The predicted molar refractivity (Wildman–Crippen MR) is 81.1 cm³/mol. The molecule has 0 spiro atoms. The molecule has 1 heterocycles. The Morgan fingerprint density at radius 3 is 1.30 bits per heavy atom. The van der Waals surface area contributed by atoms with Crippen molar-refractivity contribution >= 4 is 17.3 Å². The Hall–Kier alpha value is -0.470. The fraction of sp³-hybridized carbons (Fsp3) is 0.923. The lowest BCUT2D eigenvalue weighted by molar-refractivity contribution is -0.00185. The van der Waals surface area contributed by atoms with Gasteiger partial charge in [-0.3, -0.25) is 0 Å². The fourth-order valence-electron chi connectivity index (χ4n) is 1.65. The van der Waals surface area contributed by atoms with Crippen LogP contribution in [0.25, 0.3) is 0 Å². The second-order valence-electron chi connectivity index (χ2n) is 4.58. The van der Waals surface area contributed by atoms with Crippen molar-refractivity contribution in [3.8, 4) is 0 Å². The highest BCUT2D eigenvalue weighted by Gasteiger charge is 2.09. The van der Waals surface area contributed by atoms with Crippen LogP contribution in [-0.4, -0.2) is 95.0 Å². The standard InChI is InChI=1S/C13H26N2O4S/c1-14-3-5-16-7-9-18-11-12-19-10-8-17-6-4-15(2)13(14)20/h3-12H2,1-2H3. The molecule has 0 saturated carbocycles. The van der Waals surface area contributed by atoms with E-state index in [2.05, 4.69) is 0 Å². The van der Waals surface area contributed by atoms with Crippen molar-refractivity contribution in [2.75, 3.05) is 80.0 Å². The minimum absolute atomic E-state index is 0.591. The largest absolute Gasteiger partial charge is 0.377 e. The van der Waals surface area contributed by atoms with Gasteiger partial charge in [0, 0.05) is 27.2 Å². The molecule has 1 aliphatic heterocycles. The second-order valence-corrected chi connectivity index (χ2v) is 4.94. The molecular weight excluding hydrogens is 280 g/mol. The summed E-state index contributed by atoms with van der Waals surface area (Å²) in [5.41, 5.74) is 0. The molecule has 0 N–H and O–H groups in total. The quantitative estimate of drug-likeness (QED) is 0.593. The molecule has 7 heteroatoms. The summed E-state index contributed by atoms with van der Waals surface area (Å²) in [5, 5.41) is 0.800. The molecule has 1 saturated heterocycles. The van der Waals surface area contributed by atoms with Crippen molar-refractivity contribution < 1.29 is 18.9 Å². The highest BCUT2D eigenvalue weighted by atomic mass is 32.1. The first-order valence-electron chi connectivity index (χ1n) is 6.99. The Balaban J connectivity index is 2.32. The van der Waals surface area contributed by atoms with Gasteiger partial charge >= 0.3 is 0 Å². The summed E-state index contributed by atoms with van der Waals surface area (Å²) in [7, 11) is 3.95. The molecule has 6 nitrogen and oxygen atoms in total. The lowest BCUT2D eigenvalue weighted by Crippen LogP contribution is -2.41. The monoisotopic (exact) mass is 306 g/mol. The van der Waals surface area contributed by atoms with E-state index in [9.17, 15) is 0 Å². The van der Waals surface area contributed by atoms with Crippen molar-refractivity contribution in [3.05, 3.63) is 0 Å². The lowest BCUT2D eigenvalue weighted by atomic mass is 10.5. The average molecular weight is 306 g/mol. The highest BCUT2D eigenvalue weighted by molar-refractivity contribution is 7.80. The molecule has 0 radical (unpaired) electrons. The van der Waals surface area contributed by atoms with Gasteiger partial charge in [-0.05, 0) is 12.2 Å². The third-order valence-electron chi connectivity index (χ3n) is 2.91. The summed E-state index contributed by atoms with van der Waals surface area (Å²) in [6.07, 6.45) is 0. The summed E-state index contributed by atoms with van der Waals surface area (Å²) in [6, 6.07) is 0. The van der Waals surface area contributed by atoms with E-state index in [1.807, 2.05) is 23.9 Å². The SMILES string of the molecule is CN1CCOCCOCCOCCOCCN(C)C1=S. The Morgan fingerprint density at radius 1 is 0.650 bits per heavy atom. The lowest BCUT2D eigenvalue weighted by Gasteiger charge is -2.28. The van der Waals surface area contributed by atoms with Crippen LogP contribution in [0.5, 0.6) is 0 Å². The first kappa shape index (κ1) is 17.6. The first-order chi connectivity index (χ1) is 9.72. The molecule has 0 aromatic rings. The molecule has 0 aliphatic carbocycles. The Kier molecular flexibility index (Phi) is 9.86. The van der Waals surface area contributed by atoms with Gasteiger partial charge in [0.1, 0.15) is 0 Å². The number of nitrogens with zero attached hydrogens (tertiary/aromatic N) is 2. The van der Waals surface area contributed by atoms with Crippen molar-refractivity contribution in [1.82, 2.24) is 9.80 Å². The number of hydrogen-bond donors (Lipinski definition) is 0. The van der Waals surface area contributed by atoms with Crippen molar-refractivity contribution in [2.24, 2.45) is 0 Å². The topological polar surface area (TPSA) is 43.4 Å². The van der Waals surface area contributed by atoms with E-state index < -0.39 is 0 Å². The van der Waals surface area contributed by atoms with Gasteiger partial charge in [-0.2, -0.15) is 0 Å². The molecule has 0 atom stereocenters. The van der Waals surface area contributed by atoms with E-state index in [1.54, 1.807) is 0 Å². The molecule has 118 valence electrons. The normalized spacial score (nSPS) is 22.6. The second kappa shape index (κ2) is 11.2. The van der Waals surface area contributed by atoms with Gasteiger partial charge in [-0.25, -0.2) is 0 Å². The molecular formula is C13H26N2O4S. The van der Waals surface area contributed by atoms with Crippen LogP contribution in [0.3, 0.4) is 0 Å². The number of hydrogen-bond acceptors (Lipinski definition) is 5. The summed E-state index contributed by atoms with van der Waals surface area (Å²) in [6.45, 7) is 6.38. The third-order valence-corrected chi connectivity index (χ3v) is 3.53. The van der Waals surface area contributed by atoms with E-state index >= 15 is 0 Å². The van der Waals surface area contributed by atoms with E-state index in [0.29, 0.717) is 52.9 Å². The molecule has 0 unspecified atom stereocenters. The van der Waals surface area contributed by atoms with Crippen LogP contribution in [0.15, 0.2) is 0 Å². The Labute approximate surface area is 126 Å². The van der Waals surface area contributed by atoms with Gasteiger partial charge in [0.15, 0.2) is 5.11 Å². The van der Waals surface area contributed by atoms with Gasteiger partial charge in [0.05, 0.1) is 52.9 Å². The zero-order chi connectivity index (χ0) is 14.6. The van der Waals surface area contributed by atoms with Crippen molar-refractivity contribution in [3.63, 3.8) is 0 Å². The number of ether oxygens (including phenoxy) is 4. The molecule has 20 heavy (non-hydrogen) atoms. The van der Waals surface area contributed by atoms with E-state index in [1.165, 1.54) is 0 Å². The summed E-state index contributed by atoms with van der Waals surface area (Å²) >= 11 is 5.40. The average Bonchev–Trinajstić information content (AvgIpc) is 2.45. The Bertz CT molecular complexity index is 245. The molecule has 1 rings (SSSR count). The van der Waals surface area contributed by atoms with E-state index in [4.69, 9.17) is 31.2 Å². The maximum Gasteiger partial charge on any atom is 0.171 e. The summed E-state index contributed by atoms with van der Waals surface area (Å²) < 4.78 is 21.8.